The predicted octanol–water partition coefficient (Wildman–Crippen LogP) is 0.843. The van der Waals surface area contributed by atoms with Crippen LogP contribution in [0.5, 0.6) is 0 Å². The van der Waals surface area contributed by atoms with Crippen molar-refractivity contribution in [2.45, 2.75) is 31.7 Å². The first-order valence-electron chi connectivity index (χ1n) is 4.31. The van der Waals surface area contributed by atoms with E-state index >= 15 is 0 Å². The van der Waals surface area contributed by atoms with E-state index in [1.165, 1.54) is 19.3 Å². The van der Waals surface area contributed by atoms with E-state index in [0.29, 0.717) is 6.04 Å². The Bertz CT molecular complexity index is 181. The lowest BCUT2D eigenvalue weighted by molar-refractivity contribution is 0.239. The Morgan fingerprint density at radius 3 is 2.64 bits per heavy atom. The van der Waals surface area contributed by atoms with Crippen molar-refractivity contribution in [3.05, 3.63) is 0 Å². The van der Waals surface area contributed by atoms with E-state index in [1.807, 2.05) is 0 Å². The van der Waals surface area contributed by atoms with E-state index in [1.54, 1.807) is 0 Å². The molecule has 0 aromatic heterocycles. The number of carbonyl (C=O) groups is 1. The number of urea groups is 1. The summed E-state index contributed by atoms with van der Waals surface area (Å²) in [5.74, 6) is 1.60. The molecule has 3 nitrogen and oxygen atoms in total. The summed E-state index contributed by atoms with van der Waals surface area (Å²) in [5, 5.41) is 2.81. The number of hydrogen-bond donors (Lipinski definition) is 2. The molecule has 3 heteroatoms. The minimum absolute atomic E-state index is 0.359. The van der Waals surface area contributed by atoms with Crippen LogP contribution in [0, 0.1) is 11.8 Å². The fraction of sp³-hybridized carbons (Fsp3) is 0.875. The summed E-state index contributed by atoms with van der Waals surface area (Å²) in [5.41, 5.74) is 5.05. The highest BCUT2D eigenvalue weighted by atomic mass is 16.2. The molecule has 0 aromatic rings. The molecule has 2 saturated carbocycles. The van der Waals surface area contributed by atoms with Gasteiger partial charge in [0.25, 0.3) is 0 Å². The topological polar surface area (TPSA) is 55.1 Å². The Kier molecular flexibility index (Phi) is 1.51. The van der Waals surface area contributed by atoms with Gasteiger partial charge in [0.2, 0.25) is 0 Å². The predicted molar refractivity (Wildman–Crippen MR) is 42.0 cm³/mol. The van der Waals surface area contributed by atoms with Crippen LogP contribution in [-0.4, -0.2) is 12.1 Å². The van der Waals surface area contributed by atoms with Crippen LogP contribution in [0.15, 0.2) is 0 Å². The van der Waals surface area contributed by atoms with E-state index in [2.05, 4.69) is 5.32 Å². The van der Waals surface area contributed by atoms with Crippen LogP contribution in [0.3, 0.4) is 0 Å². The molecule has 2 fully saturated rings. The third-order valence-electron chi connectivity index (χ3n) is 3.07. The maximum Gasteiger partial charge on any atom is 0.312 e. The fourth-order valence-electron chi connectivity index (χ4n) is 2.60. The minimum atomic E-state index is -0.359. The molecule has 0 heterocycles. The zero-order chi connectivity index (χ0) is 7.84. The van der Waals surface area contributed by atoms with Crippen LogP contribution in [0.2, 0.25) is 0 Å². The zero-order valence-corrected chi connectivity index (χ0v) is 6.55. The smallest absolute Gasteiger partial charge is 0.312 e. The lowest BCUT2D eigenvalue weighted by Crippen LogP contribution is -2.41. The highest BCUT2D eigenvalue weighted by molar-refractivity contribution is 5.72. The molecule has 2 amide bonds. The quantitative estimate of drug-likeness (QED) is 0.577. The van der Waals surface area contributed by atoms with Crippen molar-refractivity contribution < 1.29 is 4.79 Å². The molecule has 2 bridgehead atoms. The summed E-state index contributed by atoms with van der Waals surface area (Å²) in [6, 6.07) is 0.0359. The number of amides is 2. The fourth-order valence-corrected chi connectivity index (χ4v) is 2.60. The summed E-state index contributed by atoms with van der Waals surface area (Å²) in [6.07, 6.45) is 5.12. The maximum atomic E-state index is 10.5. The van der Waals surface area contributed by atoms with E-state index in [9.17, 15) is 4.79 Å². The third-order valence-corrected chi connectivity index (χ3v) is 3.07. The zero-order valence-electron chi connectivity index (χ0n) is 6.55. The van der Waals surface area contributed by atoms with Crippen LogP contribution < -0.4 is 11.1 Å². The Balaban J connectivity index is 1.92. The molecule has 0 aliphatic heterocycles. The van der Waals surface area contributed by atoms with Gasteiger partial charge in [0, 0.05) is 6.04 Å². The van der Waals surface area contributed by atoms with Crippen molar-refractivity contribution in [3.63, 3.8) is 0 Å². The molecule has 2 aliphatic rings. The number of carbonyl (C=O) groups excluding carboxylic acids is 1. The van der Waals surface area contributed by atoms with Crippen LogP contribution in [0.4, 0.5) is 4.79 Å². The highest BCUT2D eigenvalue weighted by Gasteiger charge is 2.39. The van der Waals surface area contributed by atoms with Crippen molar-refractivity contribution in [1.82, 2.24) is 5.32 Å². The number of rotatable bonds is 1. The minimum Gasteiger partial charge on any atom is -0.352 e. The molecule has 0 aromatic carbocycles. The molecule has 0 spiro atoms. The molecule has 11 heavy (non-hydrogen) atoms. The number of hydrogen-bond acceptors (Lipinski definition) is 1. The monoisotopic (exact) mass is 154 g/mol. The van der Waals surface area contributed by atoms with Crippen LogP contribution in [-0.2, 0) is 0 Å². The maximum absolute atomic E-state index is 10.5. The number of nitrogens with two attached hydrogens (primary N) is 1. The average molecular weight is 154 g/mol. The second-order valence-electron chi connectivity index (χ2n) is 3.79. The van der Waals surface area contributed by atoms with Crippen molar-refractivity contribution in [3.8, 4) is 0 Å². The molecule has 0 radical (unpaired) electrons. The molecular weight excluding hydrogens is 140 g/mol. The van der Waals surface area contributed by atoms with Gasteiger partial charge in [-0.1, -0.05) is 6.42 Å². The summed E-state index contributed by atoms with van der Waals surface area (Å²) >= 11 is 0. The van der Waals surface area contributed by atoms with Gasteiger partial charge in [0.05, 0.1) is 0 Å². The van der Waals surface area contributed by atoms with Crippen LogP contribution in [0.1, 0.15) is 25.7 Å². The highest BCUT2D eigenvalue weighted by Crippen LogP contribution is 2.44. The van der Waals surface area contributed by atoms with Crippen molar-refractivity contribution in [2.24, 2.45) is 17.6 Å². The molecule has 2 aliphatic carbocycles. The molecule has 3 atom stereocenters. The van der Waals surface area contributed by atoms with Gasteiger partial charge in [-0.2, -0.15) is 0 Å². The first kappa shape index (κ1) is 6.95. The Labute approximate surface area is 66.3 Å². The SMILES string of the molecule is NC(=O)N[C@H]1C[C@H]2CC[C@@H]1C2. The first-order valence-corrected chi connectivity index (χ1v) is 4.31. The summed E-state index contributed by atoms with van der Waals surface area (Å²) < 4.78 is 0. The van der Waals surface area contributed by atoms with E-state index in [-0.39, 0.29) is 6.03 Å². The Hall–Kier alpha value is -0.730. The standard InChI is InChI=1S/C8H14N2O/c9-8(11)10-7-4-5-1-2-6(7)3-5/h5-7H,1-4H2,(H3,9,10,11)/t5-,6+,7-/m0/s1. The van der Waals surface area contributed by atoms with Crippen LogP contribution >= 0.6 is 0 Å². The average Bonchev–Trinajstić information content (AvgIpc) is 2.45. The van der Waals surface area contributed by atoms with Gasteiger partial charge < -0.3 is 11.1 Å². The molecule has 2 rings (SSSR count). The molecule has 62 valence electrons. The van der Waals surface area contributed by atoms with Crippen molar-refractivity contribution in [2.75, 3.05) is 0 Å². The molecule has 0 saturated heterocycles. The third kappa shape index (κ3) is 1.19. The van der Waals surface area contributed by atoms with Gasteiger partial charge in [-0.05, 0) is 31.1 Å². The summed E-state index contributed by atoms with van der Waals surface area (Å²) in [6.45, 7) is 0. The number of nitrogens with one attached hydrogen (secondary N) is 1. The van der Waals surface area contributed by atoms with Gasteiger partial charge in [0.1, 0.15) is 0 Å². The number of fused-ring (bicyclic) bond motifs is 2. The lowest BCUT2D eigenvalue weighted by Gasteiger charge is -2.21. The largest absolute Gasteiger partial charge is 0.352 e. The van der Waals surface area contributed by atoms with Gasteiger partial charge in [-0.3, -0.25) is 0 Å². The summed E-state index contributed by atoms with van der Waals surface area (Å²) in [4.78, 5) is 10.5. The molecule has 0 unspecified atom stereocenters. The normalized spacial score (nSPS) is 40.9. The Morgan fingerprint density at radius 1 is 1.36 bits per heavy atom. The first-order chi connectivity index (χ1) is 5.25. The van der Waals surface area contributed by atoms with E-state index in [4.69, 9.17) is 5.73 Å². The molecule has 3 N–H and O–H groups in total. The van der Waals surface area contributed by atoms with E-state index in [0.717, 1.165) is 18.3 Å². The molecular formula is C8H14N2O. The second kappa shape index (κ2) is 2.40. The lowest BCUT2D eigenvalue weighted by atomic mass is 9.96. The van der Waals surface area contributed by atoms with Crippen molar-refractivity contribution in [1.29, 1.82) is 0 Å². The van der Waals surface area contributed by atoms with Gasteiger partial charge >= 0.3 is 6.03 Å². The van der Waals surface area contributed by atoms with Gasteiger partial charge in [0.15, 0.2) is 0 Å². The van der Waals surface area contributed by atoms with Gasteiger partial charge in [-0.15, -0.1) is 0 Å². The summed E-state index contributed by atoms with van der Waals surface area (Å²) in [7, 11) is 0. The van der Waals surface area contributed by atoms with E-state index < -0.39 is 0 Å². The van der Waals surface area contributed by atoms with Crippen molar-refractivity contribution >= 4 is 6.03 Å². The second-order valence-corrected chi connectivity index (χ2v) is 3.79. The van der Waals surface area contributed by atoms with Crippen LogP contribution in [0.25, 0.3) is 0 Å². The Morgan fingerprint density at radius 2 is 2.18 bits per heavy atom. The van der Waals surface area contributed by atoms with Gasteiger partial charge in [-0.25, -0.2) is 4.79 Å². The number of primary amides is 1.